The predicted octanol–water partition coefficient (Wildman–Crippen LogP) is 1.37. The molecule has 0 radical (unpaired) electrons. The van der Waals surface area contributed by atoms with Gasteiger partial charge in [0.2, 0.25) is 0 Å². The van der Waals surface area contributed by atoms with Crippen LogP contribution >= 0.6 is 0 Å². The molecule has 12 heavy (non-hydrogen) atoms. The van der Waals surface area contributed by atoms with Gasteiger partial charge in [-0.15, -0.1) is 0 Å². The van der Waals surface area contributed by atoms with Crippen LogP contribution in [0.15, 0.2) is 12.2 Å². The van der Waals surface area contributed by atoms with Crippen molar-refractivity contribution in [1.82, 2.24) is 4.90 Å². The molecule has 0 aromatic heterocycles. The van der Waals surface area contributed by atoms with Crippen molar-refractivity contribution in [3.05, 3.63) is 12.2 Å². The lowest BCUT2D eigenvalue weighted by Crippen LogP contribution is -2.44. The van der Waals surface area contributed by atoms with Crippen LogP contribution < -0.4 is 0 Å². The molecule has 2 atom stereocenters. The number of allylic oxidation sites excluding steroid dienone is 1. The average molecular weight is 167 g/mol. The molecular weight excluding hydrogens is 150 g/mol. The maximum atomic E-state index is 9.87. The summed E-state index contributed by atoms with van der Waals surface area (Å²) in [4.78, 5) is 2.22. The van der Waals surface area contributed by atoms with Crippen molar-refractivity contribution in [2.45, 2.75) is 31.9 Å². The molecule has 0 aromatic rings. The Kier molecular flexibility index (Phi) is 2.47. The molecule has 0 amide bonds. The Hall–Kier alpha value is -0.340. The van der Waals surface area contributed by atoms with Gasteiger partial charge < -0.3 is 5.11 Å². The molecule has 1 aliphatic carbocycles. The minimum absolute atomic E-state index is 0.199. The standard InChI is InChI=1S/C10H17NO/c12-10(9-5-4-6-9)11-7-2-1-3-8-11/h4-5,9-10,12H,1-3,6-8H2. The van der Waals surface area contributed by atoms with Crippen molar-refractivity contribution in [2.24, 2.45) is 5.92 Å². The van der Waals surface area contributed by atoms with Crippen molar-refractivity contribution < 1.29 is 5.11 Å². The summed E-state index contributed by atoms with van der Waals surface area (Å²) in [5.41, 5.74) is 0. The third-order valence-corrected chi connectivity index (χ3v) is 2.94. The maximum absolute atomic E-state index is 9.87. The molecule has 2 rings (SSSR count). The Bertz CT molecular complexity index is 173. The van der Waals surface area contributed by atoms with Crippen molar-refractivity contribution in [3.63, 3.8) is 0 Å². The molecule has 1 saturated heterocycles. The molecule has 68 valence electrons. The molecule has 1 fully saturated rings. The van der Waals surface area contributed by atoms with E-state index in [1.54, 1.807) is 0 Å². The molecule has 0 spiro atoms. The van der Waals surface area contributed by atoms with Gasteiger partial charge in [-0.05, 0) is 19.3 Å². The van der Waals surface area contributed by atoms with Gasteiger partial charge in [0.15, 0.2) is 0 Å². The lowest BCUT2D eigenvalue weighted by Gasteiger charge is -2.36. The smallest absolute Gasteiger partial charge is 0.114 e. The van der Waals surface area contributed by atoms with Gasteiger partial charge in [-0.25, -0.2) is 0 Å². The van der Waals surface area contributed by atoms with E-state index < -0.39 is 0 Å². The molecule has 1 N–H and O–H groups in total. The van der Waals surface area contributed by atoms with Crippen LogP contribution in [0.2, 0.25) is 0 Å². The lowest BCUT2D eigenvalue weighted by molar-refractivity contribution is -0.0393. The van der Waals surface area contributed by atoms with Crippen molar-refractivity contribution in [3.8, 4) is 0 Å². The normalized spacial score (nSPS) is 32.9. The highest BCUT2D eigenvalue weighted by Gasteiger charge is 2.26. The Morgan fingerprint density at radius 2 is 1.92 bits per heavy atom. The largest absolute Gasteiger partial charge is 0.378 e. The molecular formula is C10H17NO. The maximum Gasteiger partial charge on any atom is 0.114 e. The Balaban J connectivity index is 1.84. The van der Waals surface area contributed by atoms with E-state index in [4.69, 9.17) is 0 Å². The van der Waals surface area contributed by atoms with Crippen molar-refractivity contribution in [1.29, 1.82) is 0 Å². The predicted molar refractivity (Wildman–Crippen MR) is 48.7 cm³/mol. The molecule has 2 aliphatic rings. The number of rotatable bonds is 2. The van der Waals surface area contributed by atoms with Crippen molar-refractivity contribution in [2.75, 3.05) is 13.1 Å². The van der Waals surface area contributed by atoms with Crippen LogP contribution in [0.25, 0.3) is 0 Å². The van der Waals surface area contributed by atoms with E-state index >= 15 is 0 Å². The topological polar surface area (TPSA) is 23.5 Å². The van der Waals surface area contributed by atoms with E-state index in [1.165, 1.54) is 19.3 Å². The van der Waals surface area contributed by atoms with Crippen LogP contribution in [-0.4, -0.2) is 29.3 Å². The summed E-state index contributed by atoms with van der Waals surface area (Å²) in [6, 6.07) is 0. The zero-order chi connectivity index (χ0) is 8.39. The van der Waals surface area contributed by atoms with E-state index in [0.29, 0.717) is 5.92 Å². The second-order valence-corrected chi connectivity index (χ2v) is 3.84. The number of aliphatic hydroxyl groups excluding tert-OH is 1. The van der Waals surface area contributed by atoms with Gasteiger partial charge >= 0.3 is 0 Å². The van der Waals surface area contributed by atoms with E-state index in [1.807, 2.05) is 0 Å². The summed E-state index contributed by atoms with van der Waals surface area (Å²) in [5, 5.41) is 9.87. The van der Waals surface area contributed by atoms with Gasteiger partial charge in [0.05, 0.1) is 0 Å². The van der Waals surface area contributed by atoms with Gasteiger partial charge in [0.1, 0.15) is 6.23 Å². The van der Waals surface area contributed by atoms with E-state index in [2.05, 4.69) is 17.1 Å². The van der Waals surface area contributed by atoms with E-state index in [0.717, 1.165) is 19.5 Å². The van der Waals surface area contributed by atoms with Gasteiger partial charge in [0.25, 0.3) is 0 Å². The quantitative estimate of drug-likeness (QED) is 0.628. The first kappa shape index (κ1) is 8.27. The molecule has 2 heteroatoms. The molecule has 1 heterocycles. The highest BCUT2D eigenvalue weighted by Crippen LogP contribution is 2.24. The molecule has 0 aromatic carbocycles. The highest BCUT2D eigenvalue weighted by molar-refractivity contribution is 5.04. The minimum Gasteiger partial charge on any atom is -0.378 e. The Morgan fingerprint density at radius 3 is 2.42 bits per heavy atom. The molecule has 0 bridgehead atoms. The van der Waals surface area contributed by atoms with Gasteiger partial charge in [-0.2, -0.15) is 0 Å². The van der Waals surface area contributed by atoms with Crippen LogP contribution in [0.3, 0.4) is 0 Å². The van der Waals surface area contributed by atoms with Crippen LogP contribution in [0.4, 0.5) is 0 Å². The lowest BCUT2D eigenvalue weighted by atomic mass is 9.92. The summed E-state index contributed by atoms with van der Waals surface area (Å²) in [6.45, 7) is 2.18. The van der Waals surface area contributed by atoms with Crippen LogP contribution in [-0.2, 0) is 0 Å². The number of hydrogen-bond donors (Lipinski definition) is 1. The SMILES string of the molecule is OC(C1C=CC1)N1CCCCC1. The zero-order valence-corrected chi connectivity index (χ0v) is 7.45. The summed E-state index contributed by atoms with van der Waals surface area (Å²) in [5.74, 6) is 0.420. The number of nitrogens with zero attached hydrogens (tertiary/aromatic N) is 1. The molecule has 1 aliphatic heterocycles. The highest BCUT2D eigenvalue weighted by atomic mass is 16.3. The average Bonchev–Trinajstić information content (AvgIpc) is 2.03. The first-order valence-corrected chi connectivity index (χ1v) is 4.97. The third kappa shape index (κ3) is 1.54. The number of piperidine rings is 1. The Labute approximate surface area is 73.9 Å². The first-order chi connectivity index (χ1) is 5.88. The molecule has 2 nitrogen and oxygen atoms in total. The summed E-state index contributed by atoms with van der Waals surface area (Å²) < 4.78 is 0. The van der Waals surface area contributed by atoms with Crippen LogP contribution in [0, 0.1) is 5.92 Å². The fourth-order valence-corrected chi connectivity index (χ4v) is 1.97. The molecule has 2 unspecified atom stereocenters. The minimum atomic E-state index is -0.199. The summed E-state index contributed by atoms with van der Waals surface area (Å²) >= 11 is 0. The van der Waals surface area contributed by atoms with E-state index in [-0.39, 0.29) is 6.23 Å². The van der Waals surface area contributed by atoms with Gasteiger partial charge in [0, 0.05) is 19.0 Å². The number of hydrogen-bond acceptors (Lipinski definition) is 2. The zero-order valence-electron chi connectivity index (χ0n) is 7.45. The summed E-state index contributed by atoms with van der Waals surface area (Å²) in [7, 11) is 0. The first-order valence-electron chi connectivity index (χ1n) is 4.97. The summed E-state index contributed by atoms with van der Waals surface area (Å²) in [6.07, 6.45) is 8.98. The third-order valence-electron chi connectivity index (χ3n) is 2.94. The van der Waals surface area contributed by atoms with Crippen LogP contribution in [0.5, 0.6) is 0 Å². The Morgan fingerprint density at radius 1 is 1.25 bits per heavy atom. The van der Waals surface area contributed by atoms with Gasteiger partial charge in [-0.3, -0.25) is 4.90 Å². The van der Waals surface area contributed by atoms with E-state index in [9.17, 15) is 5.11 Å². The number of aliphatic hydroxyl groups is 1. The van der Waals surface area contributed by atoms with Gasteiger partial charge in [-0.1, -0.05) is 18.6 Å². The fourth-order valence-electron chi connectivity index (χ4n) is 1.97. The fraction of sp³-hybridized carbons (Fsp3) is 0.800. The second-order valence-electron chi connectivity index (χ2n) is 3.84. The van der Waals surface area contributed by atoms with Crippen molar-refractivity contribution >= 4 is 0 Å². The monoisotopic (exact) mass is 167 g/mol. The number of likely N-dealkylation sites (tertiary alicyclic amines) is 1. The van der Waals surface area contributed by atoms with Crippen LogP contribution in [0.1, 0.15) is 25.7 Å². The molecule has 0 saturated carbocycles. The second kappa shape index (κ2) is 3.58.